The van der Waals surface area contributed by atoms with Crippen LogP contribution in [0.25, 0.3) is 0 Å². The molecule has 0 fully saturated rings. The van der Waals surface area contributed by atoms with Gasteiger partial charge in [0.1, 0.15) is 0 Å². The quantitative estimate of drug-likeness (QED) is 0.732. The highest BCUT2D eigenvalue weighted by Crippen LogP contribution is 2.02. The van der Waals surface area contributed by atoms with Gasteiger partial charge in [0, 0.05) is 6.54 Å². The lowest BCUT2D eigenvalue weighted by molar-refractivity contribution is -0.120. The van der Waals surface area contributed by atoms with Crippen molar-refractivity contribution in [1.82, 2.24) is 5.32 Å². The summed E-state index contributed by atoms with van der Waals surface area (Å²) in [6, 6.07) is 9.84. The Bertz CT molecular complexity index is 306. The Kier molecular flexibility index (Phi) is 5.62. The number of carbonyl (C=O) groups excluding carboxylic acids is 1. The molecule has 1 aromatic rings. The summed E-state index contributed by atoms with van der Waals surface area (Å²) in [7, 11) is 0. The standard InChI is InChI=1S/C14H21NO/c1-12(2)7-6-10-15-14(16)11-13-8-4-3-5-9-13/h3-5,8-9,12H,6-7,10-11H2,1-2H3,(H,15,16). The maximum absolute atomic E-state index is 11.5. The summed E-state index contributed by atoms with van der Waals surface area (Å²) in [6.45, 7) is 5.20. The van der Waals surface area contributed by atoms with Crippen molar-refractivity contribution in [3.63, 3.8) is 0 Å². The number of hydrogen-bond acceptors (Lipinski definition) is 1. The number of benzene rings is 1. The highest BCUT2D eigenvalue weighted by atomic mass is 16.1. The van der Waals surface area contributed by atoms with Crippen molar-refractivity contribution in [1.29, 1.82) is 0 Å². The molecule has 0 saturated heterocycles. The molecule has 1 aromatic carbocycles. The first-order chi connectivity index (χ1) is 7.68. The number of rotatable bonds is 6. The Morgan fingerprint density at radius 1 is 1.25 bits per heavy atom. The molecule has 0 saturated carbocycles. The van der Waals surface area contributed by atoms with Gasteiger partial charge in [-0.15, -0.1) is 0 Å². The molecule has 0 heterocycles. The van der Waals surface area contributed by atoms with E-state index in [0.29, 0.717) is 12.3 Å². The largest absolute Gasteiger partial charge is 0.356 e. The summed E-state index contributed by atoms with van der Waals surface area (Å²) in [5.41, 5.74) is 1.07. The van der Waals surface area contributed by atoms with Crippen LogP contribution in [-0.4, -0.2) is 12.5 Å². The predicted molar refractivity (Wildman–Crippen MR) is 67.2 cm³/mol. The van der Waals surface area contributed by atoms with Crippen molar-refractivity contribution >= 4 is 5.91 Å². The average Bonchev–Trinajstić information content (AvgIpc) is 2.25. The fourth-order valence-electron chi connectivity index (χ4n) is 1.58. The lowest BCUT2D eigenvalue weighted by Gasteiger charge is -2.06. The van der Waals surface area contributed by atoms with Gasteiger partial charge in [-0.2, -0.15) is 0 Å². The molecule has 0 aromatic heterocycles. The Labute approximate surface area is 98.1 Å². The second-order valence-corrected chi connectivity index (χ2v) is 4.55. The number of nitrogens with one attached hydrogen (secondary N) is 1. The number of amides is 1. The molecule has 1 amide bonds. The summed E-state index contributed by atoms with van der Waals surface area (Å²) in [5.74, 6) is 0.834. The van der Waals surface area contributed by atoms with E-state index in [9.17, 15) is 4.79 Å². The molecule has 16 heavy (non-hydrogen) atoms. The van der Waals surface area contributed by atoms with E-state index >= 15 is 0 Å². The van der Waals surface area contributed by atoms with Gasteiger partial charge in [0.2, 0.25) is 5.91 Å². The Morgan fingerprint density at radius 3 is 2.56 bits per heavy atom. The zero-order valence-corrected chi connectivity index (χ0v) is 10.2. The second kappa shape index (κ2) is 7.04. The minimum Gasteiger partial charge on any atom is -0.356 e. The smallest absolute Gasteiger partial charge is 0.224 e. The van der Waals surface area contributed by atoms with Crippen LogP contribution >= 0.6 is 0 Å². The van der Waals surface area contributed by atoms with Crippen LogP contribution in [0.4, 0.5) is 0 Å². The molecule has 0 unspecified atom stereocenters. The topological polar surface area (TPSA) is 29.1 Å². The third-order valence-corrected chi connectivity index (χ3v) is 2.49. The van der Waals surface area contributed by atoms with Gasteiger partial charge >= 0.3 is 0 Å². The monoisotopic (exact) mass is 219 g/mol. The molecular weight excluding hydrogens is 198 g/mol. The summed E-state index contributed by atoms with van der Waals surface area (Å²) in [4.78, 5) is 11.5. The second-order valence-electron chi connectivity index (χ2n) is 4.55. The van der Waals surface area contributed by atoms with E-state index in [1.807, 2.05) is 30.3 Å². The SMILES string of the molecule is CC(C)CCCNC(=O)Cc1ccccc1. The van der Waals surface area contributed by atoms with Gasteiger partial charge in [-0.25, -0.2) is 0 Å². The minimum atomic E-state index is 0.120. The lowest BCUT2D eigenvalue weighted by atomic mass is 10.1. The fraction of sp³-hybridized carbons (Fsp3) is 0.500. The summed E-state index contributed by atoms with van der Waals surface area (Å²) in [6.07, 6.45) is 2.73. The van der Waals surface area contributed by atoms with Crippen LogP contribution in [0, 0.1) is 5.92 Å². The van der Waals surface area contributed by atoms with Crippen molar-refractivity contribution in [3.8, 4) is 0 Å². The third kappa shape index (κ3) is 5.54. The van der Waals surface area contributed by atoms with E-state index in [2.05, 4.69) is 19.2 Å². The Hall–Kier alpha value is -1.31. The number of carbonyl (C=O) groups is 1. The highest BCUT2D eigenvalue weighted by molar-refractivity contribution is 5.78. The fourth-order valence-corrected chi connectivity index (χ4v) is 1.58. The van der Waals surface area contributed by atoms with E-state index in [-0.39, 0.29) is 5.91 Å². The van der Waals surface area contributed by atoms with Gasteiger partial charge in [0.25, 0.3) is 0 Å². The van der Waals surface area contributed by atoms with Crippen molar-refractivity contribution in [3.05, 3.63) is 35.9 Å². The van der Waals surface area contributed by atoms with Gasteiger partial charge in [-0.3, -0.25) is 4.79 Å². The molecule has 2 heteroatoms. The van der Waals surface area contributed by atoms with E-state index in [0.717, 1.165) is 18.5 Å². The summed E-state index contributed by atoms with van der Waals surface area (Å²) < 4.78 is 0. The predicted octanol–water partition coefficient (Wildman–Crippen LogP) is 2.78. The maximum atomic E-state index is 11.5. The zero-order valence-electron chi connectivity index (χ0n) is 10.2. The Morgan fingerprint density at radius 2 is 1.94 bits per heavy atom. The molecule has 0 aliphatic heterocycles. The average molecular weight is 219 g/mol. The van der Waals surface area contributed by atoms with Crippen LogP contribution in [0.5, 0.6) is 0 Å². The lowest BCUT2D eigenvalue weighted by Crippen LogP contribution is -2.26. The maximum Gasteiger partial charge on any atom is 0.224 e. The van der Waals surface area contributed by atoms with Gasteiger partial charge < -0.3 is 5.32 Å². The van der Waals surface area contributed by atoms with Crippen molar-refractivity contribution < 1.29 is 4.79 Å². The van der Waals surface area contributed by atoms with Crippen molar-refractivity contribution in [2.24, 2.45) is 5.92 Å². The van der Waals surface area contributed by atoms with Crippen LogP contribution in [0.15, 0.2) is 30.3 Å². The van der Waals surface area contributed by atoms with Gasteiger partial charge in [-0.05, 0) is 24.3 Å². The zero-order chi connectivity index (χ0) is 11.8. The molecule has 1 N–H and O–H groups in total. The first kappa shape index (κ1) is 12.8. The molecular formula is C14H21NO. The van der Waals surface area contributed by atoms with Crippen LogP contribution < -0.4 is 5.32 Å². The van der Waals surface area contributed by atoms with E-state index in [1.165, 1.54) is 6.42 Å². The molecule has 0 bridgehead atoms. The minimum absolute atomic E-state index is 0.120. The van der Waals surface area contributed by atoms with Gasteiger partial charge in [0.15, 0.2) is 0 Å². The van der Waals surface area contributed by atoms with E-state index in [4.69, 9.17) is 0 Å². The summed E-state index contributed by atoms with van der Waals surface area (Å²) >= 11 is 0. The van der Waals surface area contributed by atoms with Crippen LogP contribution in [0.1, 0.15) is 32.3 Å². The molecule has 0 atom stereocenters. The first-order valence-corrected chi connectivity index (χ1v) is 5.99. The van der Waals surface area contributed by atoms with Gasteiger partial charge in [0.05, 0.1) is 6.42 Å². The van der Waals surface area contributed by atoms with E-state index in [1.54, 1.807) is 0 Å². The molecule has 0 radical (unpaired) electrons. The van der Waals surface area contributed by atoms with Crippen molar-refractivity contribution in [2.75, 3.05) is 6.54 Å². The summed E-state index contributed by atoms with van der Waals surface area (Å²) in [5, 5.41) is 2.95. The number of hydrogen-bond donors (Lipinski definition) is 1. The molecule has 0 spiro atoms. The molecule has 2 nitrogen and oxygen atoms in total. The first-order valence-electron chi connectivity index (χ1n) is 5.99. The Balaban J connectivity index is 2.17. The van der Waals surface area contributed by atoms with Gasteiger partial charge in [-0.1, -0.05) is 44.2 Å². The molecule has 0 aliphatic carbocycles. The van der Waals surface area contributed by atoms with Crippen LogP contribution in [-0.2, 0) is 11.2 Å². The van der Waals surface area contributed by atoms with Crippen LogP contribution in [0.2, 0.25) is 0 Å². The molecule has 88 valence electrons. The van der Waals surface area contributed by atoms with E-state index < -0.39 is 0 Å². The molecule has 1 rings (SSSR count). The van der Waals surface area contributed by atoms with Crippen molar-refractivity contribution in [2.45, 2.75) is 33.1 Å². The highest BCUT2D eigenvalue weighted by Gasteiger charge is 2.02. The third-order valence-electron chi connectivity index (χ3n) is 2.49. The molecule has 0 aliphatic rings. The normalized spacial score (nSPS) is 10.4. The van der Waals surface area contributed by atoms with Crippen LogP contribution in [0.3, 0.4) is 0 Å².